The van der Waals surface area contributed by atoms with E-state index in [4.69, 9.17) is 0 Å². The van der Waals surface area contributed by atoms with Crippen molar-refractivity contribution in [3.05, 3.63) is 89.4 Å². The first kappa shape index (κ1) is 34.8. The number of benzene rings is 6. The smallest absolute Gasteiger partial charge is 0.357 e. The van der Waals surface area contributed by atoms with E-state index >= 15 is 0 Å². The van der Waals surface area contributed by atoms with Gasteiger partial charge in [-0.1, -0.05) is 24.3 Å². The molecule has 0 aliphatic carbocycles. The molecule has 0 amide bonds. The van der Waals surface area contributed by atoms with Gasteiger partial charge in [0, 0.05) is 33.7 Å². The van der Waals surface area contributed by atoms with Crippen LogP contribution in [0.15, 0.2) is 77.5 Å². The van der Waals surface area contributed by atoms with E-state index in [0.717, 1.165) is 12.1 Å². The van der Waals surface area contributed by atoms with E-state index in [1.54, 1.807) is 6.07 Å². The van der Waals surface area contributed by atoms with Gasteiger partial charge < -0.3 is 8.37 Å². The van der Waals surface area contributed by atoms with Crippen LogP contribution in [0.3, 0.4) is 0 Å². The fraction of sp³-hybridized carbons (Fsp3) is 0. The summed E-state index contributed by atoms with van der Waals surface area (Å²) in [4.78, 5) is 56.2. The van der Waals surface area contributed by atoms with Crippen molar-refractivity contribution in [2.45, 2.75) is 9.79 Å². The molecule has 7 rings (SSSR count). The number of hydrogen-bond donors (Lipinski definition) is 4. The predicted molar refractivity (Wildman–Crippen MR) is 176 cm³/mol. The molecule has 1 aromatic heterocycles. The molecule has 52 heavy (non-hydrogen) atoms. The summed E-state index contributed by atoms with van der Waals surface area (Å²) < 4.78 is 145. The monoisotopic (exact) mass is 794 g/mol. The summed E-state index contributed by atoms with van der Waals surface area (Å²) in [6.07, 6.45) is 0. The van der Waals surface area contributed by atoms with Gasteiger partial charge in [-0.05, 0) is 12.1 Å². The van der Waals surface area contributed by atoms with Crippen LogP contribution in [0.4, 0.5) is 0 Å². The van der Waals surface area contributed by atoms with Gasteiger partial charge >= 0.3 is 20.8 Å². The molecule has 0 atom stereocenters. The van der Waals surface area contributed by atoms with Gasteiger partial charge in [0.25, 0.3) is 42.3 Å². The average Bonchev–Trinajstić information content (AvgIpc) is 3.02. The molecule has 0 saturated heterocycles. The molecule has 0 fully saturated rings. The van der Waals surface area contributed by atoms with Crippen molar-refractivity contribution >= 4 is 106 Å². The van der Waals surface area contributed by atoms with Gasteiger partial charge in [0.1, 0.15) is 15.7 Å². The summed E-state index contributed by atoms with van der Waals surface area (Å²) in [5, 5.41) is -4.76. The number of H-pyrrole nitrogens is 2. The quantitative estimate of drug-likeness (QED) is 0.0928. The van der Waals surface area contributed by atoms with Crippen LogP contribution >= 0.6 is 0 Å². The van der Waals surface area contributed by atoms with E-state index in [9.17, 15) is 71.1 Å². The Bertz CT molecular complexity index is 3540. The molecule has 0 spiro atoms. The number of fused-ring (bicyclic) bond motifs is 8. The van der Waals surface area contributed by atoms with Crippen molar-refractivity contribution in [1.29, 1.82) is 0 Å². The molecule has 24 heteroatoms. The zero-order valence-electron chi connectivity index (χ0n) is 24.8. The predicted octanol–water partition coefficient (Wildman–Crippen LogP) is -0.593. The van der Waals surface area contributed by atoms with E-state index in [0.29, 0.717) is 0 Å². The van der Waals surface area contributed by atoms with Crippen LogP contribution in [-0.4, -0.2) is 51.9 Å². The molecule has 7 aromatic rings. The minimum Gasteiger partial charge on any atom is -0.357 e. The van der Waals surface area contributed by atoms with Gasteiger partial charge in [0.2, 0.25) is 22.4 Å². The van der Waals surface area contributed by atoms with Gasteiger partial charge in [-0.25, -0.2) is 0 Å². The lowest BCUT2D eigenvalue weighted by molar-refractivity contribution is -0.359. The lowest BCUT2D eigenvalue weighted by Crippen LogP contribution is -2.26. The summed E-state index contributed by atoms with van der Waals surface area (Å²) in [5.74, 6) is -4.31. The summed E-state index contributed by atoms with van der Waals surface area (Å²) in [6.45, 7) is 0. The Labute approximate surface area is 286 Å². The average molecular weight is 795 g/mol. The van der Waals surface area contributed by atoms with Crippen LogP contribution in [0.5, 0.6) is 11.5 Å². The summed E-state index contributed by atoms with van der Waals surface area (Å²) >= 11 is 0. The van der Waals surface area contributed by atoms with Crippen molar-refractivity contribution in [3.8, 4) is 11.5 Å². The Kier molecular flexibility index (Phi) is 7.34. The number of nitrogens with one attached hydrogen (secondary N) is 2. The molecule has 1 heterocycles. The van der Waals surface area contributed by atoms with Crippen LogP contribution in [0, 0.1) is 0 Å². The maximum absolute atomic E-state index is 14.3. The van der Waals surface area contributed by atoms with Gasteiger partial charge in [0.05, 0.1) is 10.8 Å². The van der Waals surface area contributed by atoms with Gasteiger partial charge in [-0.15, -0.1) is 0 Å². The molecule has 0 radical (unpaired) electrons. The molecule has 6 aromatic carbocycles. The van der Waals surface area contributed by atoms with E-state index < -0.39 is 106 Å². The first-order valence-corrected chi connectivity index (χ1v) is 19.3. The molecule has 20 nitrogen and oxygen atoms in total. The number of rotatable bonds is 6. The van der Waals surface area contributed by atoms with Crippen LogP contribution in [0.2, 0.25) is 0 Å². The third kappa shape index (κ3) is 5.32. The van der Waals surface area contributed by atoms with Gasteiger partial charge in [0.15, 0.2) is 15.8 Å². The third-order valence-corrected chi connectivity index (χ3v) is 10.7. The van der Waals surface area contributed by atoms with Crippen molar-refractivity contribution in [2.24, 2.45) is 0 Å². The fourth-order valence-electron chi connectivity index (χ4n) is 6.15. The maximum Gasteiger partial charge on any atom is 0.446 e. The lowest BCUT2D eigenvalue weighted by atomic mass is 9.98. The highest BCUT2D eigenvalue weighted by atomic mass is 32.3. The minimum atomic E-state index is -6.29. The van der Waals surface area contributed by atoms with Crippen molar-refractivity contribution in [2.75, 3.05) is 0 Å². The Morgan fingerprint density at radius 1 is 0.442 bits per heavy atom. The second-order valence-corrected chi connectivity index (χ2v) is 15.7. The largest absolute Gasteiger partial charge is 0.446 e. The molecule has 0 unspecified atom stereocenters. The summed E-state index contributed by atoms with van der Waals surface area (Å²) in [7, 11) is -24.5. The molecular weight excluding hydrogens is 781 g/mol. The maximum atomic E-state index is 14.3. The van der Waals surface area contributed by atoms with E-state index in [1.165, 1.54) is 30.3 Å². The van der Waals surface area contributed by atoms with Crippen molar-refractivity contribution < 1.29 is 70.2 Å². The molecule has 266 valence electrons. The molecule has 0 aliphatic rings. The molecular formula is C28H14N2O18S4+2. The van der Waals surface area contributed by atoms with Crippen LogP contribution in [0.1, 0.15) is 0 Å². The third-order valence-electron chi connectivity index (χ3n) is 7.96. The molecule has 6 N–H and O–H groups in total. The normalized spacial score (nSPS) is 13.2. The Balaban J connectivity index is 1.77. The van der Waals surface area contributed by atoms with Crippen LogP contribution in [0.25, 0.3) is 65.2 Å². The highest BCUT2D eigenvalue weighted by Gasteiger charge is 2.41. The number of hydrogen-bond acceptors (Lipinski definition) is 14. The molecule has 0 aliphatic heterocycles. The lowest BCUT2D eigenvalue weighted by Gasteiger charge is -2.17. The first-order valence-electron chi connectivity index (χ1n) is 13.7. The van der Waals surface area contributed by atoms with Gasteiger partial charge in [-0.2, -0.15) is 43.6 Å². The number of aromatic nitrogens is 2. The zero-order valence-corrected chi connectivity index (χ0v) is 28.0. The molecule has 0 bridgehead atoms. The van der Waals surface area contributed by atoms with Crippen LogP contribution in [-0.2, 0) is 41.0 Å². The second-order valence-electron chi connectivity index (χ2n) is 11.0. The fourth-order valence-corrected chi connectivity index (χ4v) is 9.06. The van der Waals surface area contributed by atoms with Crippen molar-refractivity contribution in [3.63, 3.8) is 0 Å². The van der Waals surface area contributed by atoms with E-state index in [-0.39, 0.29) is 43.6 Å². The van der Waals surface area contributed by atoms with Crippen LogP contribution < -0.4 is 40.0 Å². The first-order chi connectivity index (χ1) is 24.0. The standard InChI is InChI=1S/C28H12N2O18S4/c31-21-9-3-1-2-4-10(9)22(32)15-11(21)5-7-13-19(15)29-14-8-6-12-16(20(14)30-13)24(34)18-17(23(12)33)25(47-51(41,42)43)26(48-52(44,45)46)28(50(38,39)40)27(18)49(35,36)37/h1-8H,(H,35,36,37)(H,38,39,40)(H,41,42,43)(H,44,45,46)/p+2. The topological polar surface area (TPSA) is 332 Å². The van der Waals surface area contributed by atoms with E-state index in [2.05, 4.69) is 18.3 Å². The Morgan fingerprint density at radius 3 is 1.35 bits per heavy atom. The van der Waals surface area contributed by atoms with Gasteiger partial charge in [-0.3, -0.25) is 37.4 Å². The highest BCUT2D eigenvalue weighted by Crippen LogP contribution is 2.46. The highest BCUT2D eigenvalue weighted by molar-refractivity contribution is 7.89. The number of aromatic amines is 2. The SMILES string of the molecule is O=c1c2ccccc2c(=O)c2c1ccc1[nH+]c3c(ccc4c(=O)c5c(OS(=O)(=O)O)c(OS(=O)(=O)O)c(S(=O)(=O)O)c(S(=O)(=O)O)c5c(=O)c43)[nH+]c12. The summed E-state index contributed by atoms with van der Waals surface area (Å²) in [5.41, 5.74) is -4.87. The molecule has 0 saturated carbocycles. The van der Waals surface area contributed by atoms with E-state index in [1.807, 2.05) is 0 Å². The Hall–Kier alpha value is -5.60. The van der Waals surface area contributed by atoms with Crippen molar-refractivity contribution in [1.82, 2.24) is 0 Å². The Morgan fingerprint density at radius 2 is 0.865 bits per heavy atom. The summed E-state index contributed by atoms with van der Waals surface area (Å²) in [6, 6.07) is 10.6. The second kappa shape index (κ2) is 11.0. The minimum absolute atomic E-state index is 0.00293. The zero-order chi connectivity index (χ0) is 38.0.